The molecule has 3 aromatic rings. The predicted octanol–water partition coefficient (Wildman–Crippen LogP) is 2.63. The molecule has 29 heavy (non-hydrogen) atoms. The van der Waals surface area contributed by atoms with E-state index in [9.17, 15) is 9.18 Å². The fourth-order valence-corrected chi connectivity index (χ4v) is 3.79. The third kappa shape index (κ3) is 3.86. The molecule has 8 nitrogen and oxygen atoms in total. The first kappa shape index (κ1) is 19.1. The van der Waals surface area contributed by atoms with E-state index in [0.717, 1.165) is 42.7 Å². The van der Waals surface area contributed by atoms with Gasteiger partial charge in [0.15, 0.2) is 11.6 Å². The SMILES string of the molecule is Cn1cc2c(Nc3nc(N[C@@H]4CCCC[C@@H]4N)c(F)cc3C(N)=O)cccc2n1. The van der Waals surface area contributed by atoms with Gasteiger partial charge in [0, 0.05) is 30.7 Å². The summed E-state index contributed by atoms with van der Waals surface area (Å²) in [4.78, 5) is 16.3. The van der Waals surface area contributed by atoms with E-state index in [0.29, 0.717) is 5.69 Å². The van der Waals surface area contributed by atoms with E-state index in [1.54, 1.807) is 4.68 Å². The van der Waals surface area contributed by atoms with Crippen LogP contribution in [0.3, 0.4) is 0 Å². The van der Waals surface area contributed by atoms with Crippen molar-refractivity contribution in [3.05, 3.63) is 41.8 Å². The van der Waals surface area contributed by atoms with Crippen molar-refractivity contribution in [3.63, 3.8) is 0 Å². The zero-order chi connectivity index (χ0) is 20.5. The van der Waals surface area contributed by atoms with Crippen LogP contribution in [0.1, 0.15) is 36.0 Å². The number of benzene rings is 1. The maximum atomic E-state index is 14.7. The monoisotopic (exact) mass is 397 g/mol. The molecule has 0 saturated heterocycles. The smallest absolute Gasteiger partial charge is 0.252 e. The summed E-state index contributed by atoms with van der Waals surface area (Å²) in [5.41, 5.74) is 13.1. The van der Waals surface area contributed by atoms with Gasteiger partial charge in [0.1, 0.15) is 5.82 Å². The zero-order valence-corrected chi connectivity index (χ0v) is 16.2. The van der Waals surface area contributed by atoms with Gasteiger partial charge in [-0.25, -0.2) is 9.37 Å². The fraction of sp³-hybridized carbons (Fsp3) is 0.350. The topological polar surface area (TPSA) is 124 Å². The van der Waals surface area contributed by atoms with Gasteiger partial charge in [-0.05, 0) is 31.0 Å². The molecular weight excluding hydrogens is 373 g/mol. The third-order valence-electron chi connectivity index (χ3n) is 5.30. The van der Waals surface area contributed by atoms with Crippen LogP contribution in [-0.4, -0.2) is 32.8 Å². The van der Waals surface area contributed by atoms with Crippen molar-refractivity contribution in [2.75, 3.05) is 10.6 Å². The Hall–Kier alpha value is -3.20. The van der Waals surface area contributed by atoms with Gasteiger partial charge in [-0.15, -0.1) is 0 Å². The molecule has 9 heteroatoms. The Labute approximate surface area is 167 Å². The van der Waals surface area contributed by atoms with Crippen molar-refractivity contribution in [2.24, 2.45) is 18.5 Å². The Morgan fingerprint density at radius 1 is 1.28 bits per heavy atom. The number of anilines is 3. The Morgan fingerprint density at radius 2 is 2.07 bits per heavy atom. The third-order valence-corrected chi connectivity index (χ3v) is 5.30. The van der Waals surface area contributed by atoms with Crippen LogP contribution in [0.5, 0.6) is 0 Å². The minimum absolute atomic E-state index is 0.0260. The van der Waals surface area contributed by atoms with E-state index in [-0.39, 0.29) is 29.3 Å². The van der Waals surface area contributed by atoms with Crippen LogP contribution in [0.25, 0.3) is 10.9 Å². The molecule has 0 aliphatic heterocycles. The Balaban J connectivity index is 1.71. The van der Waals surface area contributed by atoms with E-state index in [1.165, 1.54) is 0 Å². The number of carbonyl (C=O) groups is 1. The summed E-state index contributed by atoms with van der Waals surface area (Å²) in [7, 11) is 1.82. The Morgan fingerprint density at radius 3 is 2.83 bits per heavy atom. The van der Waals surface area contributed by atoms with Crippen LogP contribution in [0, 0.1) is 5.82 Å². The summed E-state index contributed by atoms with van der Waals surface area (Å²) in [5, 5.41) is 11.5. The maximum absolute atomic E-state index is 14.7. The van der Waals surface area contributed by atoms with Crippen molar-refractivity contribution in [3.8, 4) is 0 Å². The van der Waals surface area contributed by atoms with Crippen LogP contribution in [0.2, 0.25) is 0 Å². The molecule has 2 atom stereocenters. The van der Waals surface area contributed by atoms with Gasteiger partial charge in [0.2, 0.25) is 0 Å². The molecule has 1 fully saturated rings. The summed E-state index contributed by atoms with van der Waals surface area (Å²) in [6.45, 7) is 0. The lowest BCUT2D eigenvalue weighted by molar-refractivity contribution is 0.100. The molecule has 152 valence electrons. The number of fused-ring (bicyclic) bond motifs is 1. The number of primary amides is 1. The minimum Gasteiger partial charge on any atom is -0.365 e. The number of hydrogen-bond acceptors (Lipinski definition) is 6. The second kappa shape index (κ2) is 7.67. The summed E-state index contributed by atoms with van der Waals surface area (Å²) < 4.78 is 16.3. The van der Waals surface area contributed by atoms with E-state index in [2.05, 4.69) is 20.7 Å². The zero-order valence-electron chi connectivity index (χ0n) is 16.2. The lowest BCUT2D eigenvalue weighted by Gasteiger charge is -2.30. The first-order valence-electron chi connectivity index (χ1n) is 9.64. The normalized spacial score (nSPS) is 19.3. The highest BCUT2D eigenvalue weighted by molar-refractivity contribution is 6.00. The van der Waals surface area contributed by atoms with Crippen molar-refractivity contribution in [2.45, 2.75) is 37.8 Å². The average Bonchev–Trinajstić information content (AvgIpc) is 3.07. The van der Waals surface area contributed by atoms with Gasteiger partial charge in [0.05, 0.1) is 16.8 Å². The maximum Gasteiger partial charge on any atom is 0.252 e. The minimum atomic E-state index is -0.766. The summed E-state index contributed by atoms with van der Waals surface area (Å²) in [5.74, 6) is -1.17. The lowest BCUT2D eigenvalue weighted by atomic mass is 9.91. The number of amides is 1. The lowest BCUT2D eigenvalue weighted by Crippen LogP contribution is -2.43. The van der Waals surface area contributed by atoms with Gasteiger partial charge in [-0.1, -0.05) is 18.9 Å². The van der Waals surface area contributed by atoms with E-state index < -0.39 is 11.7 Å². The molecule has 1 saturated carbocycles. The molecule has 0 unspecified atom stereocenters. The number of halogens is 1. The quantitative estimate of drug-likeness (QED) is 0.525. The molecule has 0 bridgehead atoms. The van der Waals surface area contributed by atoms with Crippen LogP contribution in [0.15, 0.2) is 30.5 Å². The van der Waals surface area contributed by atoms with Crippen LogP contribution < -0.4 is 22.1 Å². The van der Waals surface area contributed by atoms with Crippen LogP contribution >= 0.6 is 0 Å². The molecule has 0 spiro atoms. The molecule has 6 N–H and O–H groups in total. The molecule has 0 radical (unpaired) electrons. The molecule has 1 amide bonds. The molecular formula is C20H24FN7O. The fourth-order valence-electron chi connectivity index (χ4n) is 3.79. The number of nitrogens with two attached hydrogens (primary N) is 2. The molecule has 2 aromatic heterocycles. The van der Waals surface area contributed by atoms with Gasteiger partial charge in [0.25, 0.3) is 5.91 Å². The number of rotatable bonds is 5. The van der Waals surface area contributed by atoms with Gasteiger partial charge < -0.3 is 22.1 Å². The summed E-state index contributed by atoms with van der Waals surface area (Å²) in [6, 6.07) is 6.53. The number of hydrogen-bond donors (Lipinski definition) is 4. The van der Waals surface area contributed by atoms with Crippen molar-refractivity contribution in [1.29, 1.82) is 0 Å². The summed E-state index contributed by atoms with van der Waals surface area (Å²) >= 11 is 0. The number of aryl methyl sites for hydroxylation is 1. The average molecular weight is 397 g/mol. The highest BCUT2D eigenvalue weighted by Crippen LogP contribution is 2.29. The number of nitrogens with one attached hydrogen (secondary N) is 2. The number of pyridine rings is 1. The second-order valence-corrected chi connectivity index (χ2v) is 7.44. The highest BCUT2D eigenvalue weighted by Gasteiger charge is 2.24. The van der Waals surface area contributed by atoms with E-state index in [4.69, 9.17) is 11.5 Å². The summed E-state index contributed by atoms with van der Waals surface area (Å²) in [6.07, 6.45) is 5.67. The predicted molar refractivity (Wildman–Crippen MR) is 111 cm³/mol. The van der Waals surface area contributed by atoms with Gasteiger partial charge in [-0.3, -0.25) is 9.48 Å². The largest absolute Gasteiger partial charge is 0.365 e. The number of nitrogens with zero attached hydrogens (tertiary/aromatic N) is 3. The molecule has 1 aromatic carbocycles. The van der Waals surface area contributed by atoms with Gasteiger partial charge in [-0.2, -0.15) is 5.10 Å². The Bertz CT molecular complexity index is 1060. The van der Waals surface area contributed by atoms with E-state index >= 15 is 0 Å². The standard InChI is InChI=1S/C20H24FN7O/c1-28-10-12-15(7-4-8-16(12)27-28)24-19-11(18(23)29)9-13(21)20(26-19)25-17-6-3-2-5-14(17)22/h4,7-10,14,17H,2-3,5-6,22H2,1H3,(H2,23,29)(H2,24,25,26)/t14-,17+/m0/s1. The molecule has 2 heterocycles. The first-order chi connectivity index (χ1) is 13.9. The second-order valence-electron chi connectivity index (χ2n) is 7.44. The van der Waals surface area contributed by atoms with E-state index in [1.807, 2.05) is 31.4 Å². The number of aromatic nitrogens is 3. The van der Waals surface area contributed by atoms with Crippen LogP contribution in [0.4, 0.5) is 21.7 Å². The first-order valence-corrected chi connectivity index (χ1v) is 9.64. The molecule has 1 aliphatic carbocycles. The van der Waals surface area contributed by atoms with Gasteiger partial charge >= 0.3 is 0 Å². The number of carbonyl (C=O) groups excluding carboxylic acids is 1. The molecule has 4 rings (SSSR count). The highest BCUT2D eigenvalue weighted by atomic mass is 19.1. The Kier molecular flexibility index (Phi) is 5.06. The van der Waals surface area contributed by atoms with Crippen LogP contribution in [-0.2, 0) is 7.05 Å². The van der Waals surface area contributed by atoms with Crippen molar-refractivity contribution < 1.29 is 9.18 Å². The van der Waals surface area contributed by atoms with Crippen molar-refractivity contribution in [1.82, 2.24) is 14.8 Å². The van der Waals surface area contributed by atoms with Crippen molar-refractivity contribution >= 4 is 34.1 Å². The molecule has 1 aliphatic rings.